The molecule has 1 aromatic heterocycles. The van der Waals surface area contributed by atoms with Crippen LogP contribution >= 0.6 is 0 Å². The van der Waals surface area contributed by atoms with Gasteiger partial charge in [0.15, 0.2) is 0 Å². The molecule has 0 bridgehead atoms. The molecule has 4 N–H and O–H groups in total. The summed E-state index contributed by atoms with van der Waals surface area (Å²) in [6.45, 7) is 0. The van der Waals surface area contributed by atoms with Gasteiger partial charge < -0.3 is 25.3 Å². The van der Waals surface area contributed by atoms with E-state index in [9.17, 15) is 9.90 Å². The lowest BCUT2D eigenvalue weighted by molar-refractivity contribution is -0.125. The molecule has 3 aromatic rings. The zero-order chi connectivity index (χ0) is 20.4. The number of hydrogen-bond donors (Lipinski definition) is 3. The number of amides is 1. The summed E-state index contributed by atoms with van der Waals surface area (Å²) in [5, 5.41) is 15.1. The Bertz CT molecular complexity index is 1010. The Kier molecular flexibility index (Phi) is 5.74. The molecule has 0 radical (unpaired) electrons. The maximum atomic E-state index is 12.6. The minimum atomic E-state index is -1.27. The summed E-state index contributed by atoms with van der Waals surface area (Å²) >= 11 is 0. The number of anilines is 1. The standard InChI is InChI=1S/C23H28N2O4/c1-28-21-12-16-15-9-5-6-10-19(15)29-20(16)13-18(21)25-23(27)22(26)17(24)11-14-7-3-2-4-8-14/h5-6,9-10,12-14,17,22,26H,2-4,7-8,11,24H2,1H3,(H,25,27)/t17-,22?/m1/s1. The molecule has 6 heteroatoms. The van der Waals surface area contributed by atoms with Crippen molar-refractivity contribution in [3.8, 4) is 5.75 Å². The Balaban J connectivity index is 1.52. The molecule has 2 atom stereocenters. The van der Waals surface area contributed by atoms with E-state index >= 15 is 0 Å². The number of aliphatic hydroxyl groups excluding tert-OH is 1. The van der Waals surface area contributed by atoms with E-state index in [1.807, 2.05) is 30.3 Å². The summed E-state index contributed by atoms with van der Waals surface area (Å²) in [5.74, 6) is 0.468. The molecule has 29 heavy (non-hydrogen) atoms. The average Bonchev–Trinajstić information content (AvgIpc) is 3.10. The van der Waals surface area contributed by atoms with Gasteiger partial charge in [0.05, 0.1) is 12.8 Å². The fourth-order valence-corrected chi connectivity index (χ4v) is 4.36. The predicted molar refractivity (Wildman–Crippen MR) is 114 cm³/mol. The van der Waals surface area contributed by atoms with Gasteiger partial charge in [-0.05, 0) is 24.5 Å². The van der Waals surface area contributed by atoms with E-state index in [2.05, 4.69) is 5.32 Å². The molecular weight excluding hydrogens is 368 g/mol. The minimum absolute atomic E-state index is 0.452. The number of rotatable bonds is 6. The number of fused-ring (bicyclic) bond motifs is 3. The molecule has 2 aromatic carbocycles. The topological polar surface area (TPSA) is 97.7 Å². The van der Waals surface area contributed by atoms with Crippen molar-refractivity contribution in [2.75, 3.05) is 12.4 Å². The van der Waals surface area contributed by atoms with Gasteiger partial charge in [-0.2, -0.15) is 0 Å². The number of benzene rings is 2. The molecule has 0 aliphatic heterocycles. The molecule has 154 valence electrons. The van der Waals surface area contributed by atoms with Crippen molar-refractivity contribution in [3.05, 3.63) is 36.4 Å². The number of hydrogen-bond acceptors (Lipinski definition) is 5. The highest BCUT2D eigenvalue weighted by Gasteiger charge is 2.27. The molecule has 1 heterocycles. The summed E-state index contributed by atoms with van der Waals surface area (Å²) in [7, 11) is 1.55. The zero-order valence-electron chi connectivity index (χ0n) is 16.7. The van der Waals surface area contributed by atoms with Crippen LogP contribution in [0.2, 0.25) is 0 Å². The summed E-state index contributed by atoms with van der Waals surface area (Å²) in [4.78, 5) is 12.6. The number of carbonyl (C=O) groups is 1. The second-order valence-corrected chi connectivity index (χ2v) is 7.98. The average molecular weight is 396 g/mol. The van der Waals surface area contributed by atoms with Crippen LogP contribution in [0.5, 0.6) is 5.75 Å². The van der Waals surface area contributed by atoms with Crippen molar-refractivity contribution in [1.29, 1.82) is 0 Å². The van der Waals surface area contributed by atoms with Crippen molar-refractivity contribution in [3.63, 3.8) is 0 Å². The fourth-order valence-electron chi connectivity index (χ4n) is 4.36. The lowest BCUT2D eigenvalue weighted by Gasteiger charge is -2.26. The molecule has 0 spiro atoms. The fraction of sp³-hybridized carbons (Fsp3) is 0.435. The second-order valence-electron chi connectivity index (χ2n) is 7.98. The highest BCUT2D eigenvalue weighted by Crippen LogP contribution is 2.36. The van der Waals surface area contributed by atoms with Crippen LogP contribution in [0.15, 0.2) is 40.8 Å². The number of nitrogens with one attached hydrogen (secondary N) is 1. The van der Waals surface area contributed by atoms with Crippen LogP contribution in [-0.4, -0.2) is 30.3 Å². The first-order valence-electron chi connectivity index (χ1n) is 10.3. The predicted octanol–water partition coefficient (Wildman–Crippen LogP) is 4.19. The highest BCUT2D eigenvalue weighted by atomic mass is 16.5. The molecule has 6 nitrogen and oxygen atoms in total. The van der Waals surface area contributed by atoms with Gasteiger partial charge in [-0.15, -0.1) is 0 Å². The lowest BCUT2D eigenvalue weighted by Crippen LogP contribution is -2.44. The van der Waals surface area contributed by atoms with Crippen LogP contribution in [-0.2, 0) is 4.79 Å². The molecule has 1 saturated carbocycles. The third-order valence-electron chi connectivity index (χ3n) is 5.96. The Hall–Kier alpha value is -2.57. The van der Waals surface area contributed by atoms with Gasteiger partial charge in [0.25, 0.3) is 5.91 Å². The van der Waals surface area contributed by atoms with E-state index in [4.69, 9.17) is 14.9 Å². The maximum absolute atomic E-state index is 12.6. The van der Waals surface area contributed by atoms with Gasteiger partial charge in [0.2, 0.25) is 0 Å². The Morgan fingerprint density at radius 3 is 2.72 bits per heavy atom. The van der Waals surface area contributed by atoms with Gasteiger partial charge in [0.1, 0.15) is 23.0 Å². The Labute approximate surface area is 170 Å². The molecule has 1 amide bonds. The highest BCUT2D eigenvalue weighted by molar-refractivity contribution is 6.08. The summed E-state index contributed by atoms with van der Waals surface area (Å²) < 4.78 is 11.4. The van der Waals surface area contributed by atoms with Gasteiger partial charge >= 0.3 is 0 Å². The number of nitrogens with two attached hydrogens (primary N) is 1. The first kappa shape index (κ1) is 19.7. The quantitative estimate of drug-likeness (QED) is 0.580. The van der Waals surface area contributed by atoms with Crippen LogP contribution in [0, 0.1) is 5.92 Å². The number of furan rings is 1. The van der Waals surface area contributed by atoms with Crippen LogP contribution in [0.25, 0.3) is 21.9 Å². The maximum Gasteiger partial charge on any atom is 0.254 e. The first-order valence-corrected chi connectivity index (χ1v) is 10.3. The normalized spacial score (nSPS) is 17.3. The molecular formula is C23H28N2O4. The van der Waals surface area contributed by atoms with Crippen LogP contribution in [0.4, 0.5) is 5.69 Å². The summed E-state index contributed by atoms with van der Waals surface area (Å²) in [6.07, 6.45) is 5.31. The Morgan fingerprint density at radius 1 is 1.21 bits per heavy atom. The molecule has 0 saturated heterocycles. The largest absolute Gasteiger partial charge is 0.495 e. The third kappa shape index (κ3) is 4.09. The molecule has 1 aliphatic rings. The van der Waals surface area contributed by atoms with E-state index < -0.39 is 18.1 Å². The van der Waals surface area contributed by atoms with Crippen molar-refractivity contribution in [2.45, 2.75) is 50.7 Å². The molecule has 1 unspecified atom stereocenters. The van der Waals surface area contributed by atoms with Crippen LogP contribution in [0.3, 0.4) is 0 Å². The van der Waals surface area contributed by atoms with E-state index in [0.717, 1.165) is 29.2 Å². The van der Waals surface area contributed by atoms with E-state index in [-0.39, 0.29) is 0 Å². The van der Waals surface area contributed by atoms with Gasteiger partial charge in [-0.1, -0.05) is 50.3 Å². The molecule has 1 fully saturated rings. The van der Waals surface area contributed by atoms with Crippen LogP contribution in [0.1, 0.15) is 38.5 Å². The summed E-state index contributed by atoms with van der Waals surface area (Å²) in [5.41, 5.74) is 8.01. The van der Waals surface area contributed by atoms with Crippen molar-refractivity contribution in [1.82, 2.24) is 0 Å². The minimum Gasteiger partial charge on any atom is -0.495 e. The monoisotopic (exact) mass is 396 g/mol. The van der Waals surface area contributed by atoms with Crippen molar-refractivity contribution < 1.29 is 19.1 Å². The SMILES string of the molecule is COc1cc2c(cc1NC(=O)C(O)[C@H](N)CC1CCCCC1)oc1ccccc12. The number of carbonyl (C=O) groups excluding carboxylic acids is 1. The Morgan fingerprint density at radius 2 is 1.97 bits per heavy atom. The van der Waals surface area contributed by atoms with Crippen molar-refractivity contribution >= 4 is 33.5 Å². The number of aliphatic hydroxyl groups is 1. The van der Waals surface area contributed by atoms with Gasteiger partial charge in [-0.25, -0.2) is 0 Å². The van der Waals surface area contributed by atoms with E-state index in [0.29, 0.717) is 29.4 Å². The first-order chi connectivity index (χ1) is 14.1. The van der Waals surface area contributed by atoms with E-state index in [1.165, 1.54) is 19.3 Å². The summed E-state index contributed by atoms with van der Waals surface area (Å²) in [6, 6.07) is 10.7. The molecule has 1 aliphatic carbocycles. The lowest BCUT2D eigenvalue weighted by atomic mass is 9.84. The second kappa shape index (κ2) is 8.43. The smallest absolute Gasteiger partial charge is 0.254 e. The molecule has 4 rings (SSSR count). The third-order valence-corrected chi connectivity index (χ3v) is 5.96. The van der Waals surface area contributed by atoms with Crippen molar-refractivity contribution in [2.24, 2.45) is 11.7 Å². The number of para-hydroxylation sites is 1. The number of methoxy groups -OCH3 is 1. The van der Waals surface area contributed by atoms with Crippen LogP contribution < -0.4 is 15.8 Å². The zero-order valence-corrected chi connectivity index (χ0v) is 16.7. The number of ether oxygens (including phenoxy) is 1. The van der Waals surface area contributed by atoms with Gasteiger partial charge in [0, 0.05) is 22.9 Å². The van der Waals surface area contributed by atoms with Gasteiger partial charge in [-0.3, -0.25) is 4.79 Å². The van der Waals surface area contributed by atoms with E-state index in [1.54, 1.807) is 13.2 Å².